The molecule has 0 N–H and O–H groups in total. The Labute approximate surface area is 178 Å². The van der Waals surface area contributed by atoms with Crippen LogP contribution in [0.15, 0.2) is 66.3 Å². The number of carbonyl (C=O) groups excluding carboxylic acids is 1. The minimum absolute atomic E-state index is 0.0432. The minimum Gasteiger partial charge on any atom is -0.496 e. The molecule has 0 bridgehead atoms. The third kappa shape index (κ3) is 4.04. The molecule has 1 aliphatic rings. The Hall–Kier alpha value is -3.26. The lowest BCUT2D eigenvalue weighted by molar-refractivity contribution is 0.0821. The van der Waals surface area contributed by atoms with Gasteiger partial charge in [-0.3, -0.25) is 9.36 Å². The third-order valence-electron chi connectivity index (χ3n) is 4.59. The van der Waals surface area contributed by atoms with Gasteiger partial charge >= 0.3 is 0 Å². The van der Waals surface area contributed by atoms with Gasteiger partial charge in [0.05, 0.1) is 18.4 Å². The number of ether oxygens (including phenoxy) is 3. The lowest BCUT2D eigenvalue weighted by Gasteiger charge is -2.26. The van der Waals surface area contributed by atoms with Crippen LogP contribution in [0, 0.1) is 0 Å². The summed E-state index contributed by atoms with van der Waals surface area (Å²) >= 11 is 1.32. The van der Waals surface area contributed by atoms with E-state index in [1.165, 1.54) is 11.8 Å². The molecule has 3 aromatic rings. The van der Waals surface area contributed by atoms with Crippen LogP contribution < -0.4 is 14.2 Å². The number of aromatic nitrogens is 3. The first-order valence-electron chi connectivity index (χ1n) is 9.42. The number of benzene rings is 2. The number of carbonyl (C=O) groups is 1. The molecule has 30 heavy (non-hydrogen) atoms. The lowest BCUT2D eigenvalue weighted by atomic mass is 10.1. The molecule has 2 aromatic carbocycles. The molecule has 0 spiro atoms. The molecule has 154 valence electrons. The Balaban J connectivity index is 1.52. The summed E-state index contributed by atoms with van der Waals surface area (Å²) in [6, 6.07) is 14.7. The van der Waals surface area contributed by atoms with Crippen LogP contribution in [0.25, 0.3) is 0 Å². The maximum Gasteiger partial charge on any atom is 0.192 e. The van der Waals surface area contributed by atoms with E-state index in [0.717, 1.165) is 0 Å². The predicted octanol–water partition coefficient (Wildman–Crippen LogP) is 3.96. The van der Waals surface area contributed by atoms with Crippen molar-refractivity contribution in [2.24, 2.45) is 0 Å². The predicted molar refractivity (Wildman–Crippen MR) is 114 cm³/mol. The van der Waals surface area contributed by atoms with Crippen molar-refractivity contribution in [3.63, 3.8) is 0 Å². The highest BCUT2D eigenvalue weighted by molar-refractivity contribution is 7.99. The fraction of sp³-hybridized carbons (Fsp3) is 0.227. The number of Topliss-reactive ketones (excluding diaryl/α,β-unsaturated/α-hetero) is 1. The van der Waals surface area contributed by atoms with Gasteiger partial charge in [0, 0.05) is 6.54 Å². The second-order valence-corrected chi connectivity index (χ2v) is 7.46. The van der Waals surface area contributed by atoms with Crippen molar-refractivity contribution in [3.8, 4) is 17.2 Å². The highest BCUT2D eigenvalue weighted by Crippen LogP contribution is 2.36. The molecule has 1 unspecified atom stereocenters. The highest BCUT2D eigenvalue weighted by atomic mass is 32.2. The van der Waals surface area contributed by atoms with Crippen LogP contribution in [-0.4, -0.2) is 40.0 Å². The molecular formula is C22H21N3O4S. The highest BCUT2D eigenvalue weighted by Gasteiger charge is 2.28. The molecule has 1 aromatic heterocycles. The second kappa shape index (κ2) is 9.04. The molecule has 2 heterocycles. The SMILES string of the molecule is C=CCn1c(SCC(=O)c2ccccc2OC)nnc1C1COc2ccccc2O1. The lowest BCUT2D eigenvalue weighted by Crippen LogP contribution is -2.25. The van der Waals surface area contributed by atoms with Gasteiger partial charge in [-0.2, -0.15) is 0 Å². The molecular weight excluding hydrogens is 402 g/mol. The standard InChI is InChI=1S/C22H21N3O4S/c1-3-12-25-21(20-13-28-18-10-6-7-11-19(18)29-20)23-24-22(25)30-14-16(26)15-8-4-5-9-17(15)27-2/h3-11,20H,1,12-14H2,2H3. The smallest absolute Gasteiger partial charge is 0.192 e. The molecule has 1 atom stereocenters. The van der Waals surface area contributed by atoms with Crippen LogP contribution in [0.2, 0.25) is 0 Å². The van der Waals surface area contributed by atoms with Gasteiger partial charge in [-0.05, 0) is 24.3 Å². The van der Waals surface area contributed by atoms with Gasteiger partial charge in [0.15, 0.2) is 34.4 Å². The van der Waals surface area contributed by atoms with Gasteiger partial charge in [-0.1, -0.05) is 42.1 Å². The summed E-state index contributed by atoms with van der Waals surface area (Å²) < 4.78 is 19.1. The summed E-state index contributed by atoms with van der Waals surface area (Å²) in [7, 11) is 1.55. The Kier molecular flexibility index (Phi) is 6.04. The van der Waals surface area contributed by atoms with Crippen LogP contribution in [0.3, 0.4) is 0 Å². The first-order chi connectivity index (χ1) is 14.7. The van der Waals surface area contributed by atoms with E-state index in [4.69, 9.17) is 14.2 Å². The first-order valence-corrected chi connectivity index (χ1v) is 10.4. The molecule has 0 amide bonds. The monoisotopic (exact) mass is 423 g/mol. The molecule has 0 aliphatic carbocycles. The number of rotatable bonds is 8. The van der Waals surface area contributed by atoms with Crippen LogP contribution in [-0.2, 0) is 6.54 Å². The van der Waals surface area contributed by atoms with Crippen molar-refractivity contribution < 1.29 is 19.0 Å². The maximum absolute atomic E-state index is 12.7. The summed E-state index contributed by atoms with van der Waals surface area (Å²) in [4.78, 5) is 12.7. The number of thioether (sulfide) groups is 1. The van der Waals surface area contributed by atoms with Crippen LogP contribution in [0.5, 0.6) is 17.2 Å². The zero-order chi connectivity index (χ0) is 20.9. The van der Waals surface area contributed by atoms with E-state index in [2.05, 4.69) is 16.8 Å². The summed E-state index contributed by atoms with van der Waals surface area (Å²) in [5.74, 6) is 2.74. The molecule has 4 rings (SSSR count). The van der Waals surface area contributed by atoms with E-state index in [0.29, 0.717) is 46.9 Å². The summed E-state index contributed by atoms with van der Waals surface area (Å²) in [6.45, 7) is 4.65. The van der Waals surface area contributed by atoms with Crippen molar-refractivity contribution >= 4 is 17.5 Å². The number of hydrogen-bond donors (Lipinski definition) is 0. The summed E-state index contributed by atoms with van der Waals surface area (Å²) in [6.07, 6.45) is 1.36. The van der Waals surface area contributed by atoms with E-state index >= 15 is 0 Å². The van der Waals surface area contributed by atoms with Crippen molar-refractivity contribution in [3.05, 3.63) is 72.6 Å². The number of nitrogens with zero attached hydrogens (tertiary/aromatic N) is 3. The Morgan fingerprint density at radius 3 is 2.80 bits per heavy atom. The van der Waals surface area contributed by atoms with Crippen molar-refractivity contribution in [2.75, 3.05) is 19.5 Å². The van der Waals surface area contributed by atoms with Gasteiger partial charge in [0.1, 0.15) is 12.4 Å². The van der Waals surface area contributed by atoms with Crippen LogP contribution in [0.1, 0.15) is 22.3 Å². The largest absolute Gasteiger partial charge is 0.496 e. The van der Waals surface area contributed by atoms with E-state index in [1.54, 1.807) is 25.3 Å². The number of para-hydroxylation sites is 3. The van der Waals surface area contributed by atoms with Gasteiger partial charge < -0.3 is 14.2 Å². The molecule has 0 radical (unpaired) electrons. The Morgan fingerprint density at radius 2 is 2.00 bits per heavy atom. The first kappa shape index (κ1) is 20.0. The maximum atomic E-state index is 12.7. The van der Waals surface area contributed by atoms with Crippen molar-refractivity contribution in [2.45, 2.75) is 17.8 Å². The van der Waals surface area contributed by atoms with E-state index < -0.39 is 6.10 Å². The third-order valence-corrected chi connectivity index (χ3v) is 5.56. The molecule has 7 nitrogen and oxygen atoms in total. The Bertz CT molecular complexity index is 1070. The molecule has 0 saturated carbocycles. The zero-order valence-electron chi connectivity index (χ0n) is 16.5. The average Bonchev–Trinajstić information content (AvgIpc) is 3.19. The molecule has 0 saturated heterocycles. The van der Waals surface area contributed by atoms with E-state index in [-0.39, 0.29) is 11.5 Å². The number of ketones is 1. The van der Waals surface area contributed by atoms with E-state index in [9.17, 15) is 4.79 Å². The molecule has 8 heteroatoms. The van der Waals surface area contributed by atoms with Crippen LogP contribution >= 0.6 is 11.8 Å². The number of allylic oxidation sites excluding steroid dienone is 1. The number of methoxy groups -OCH3 is 1. The number of fused-ring (bicyclic) bond motifs is 1. The second-order valence-electron chi connectivity index (χ2n) is 6.52. The normalized spacial score (nSPS) is 14.9. The zero-order valence-corrected chi connectivity index (χ0v) is 17.3. The van der Waals surface area contributed by atoms with Crippen LogP contribution in [0.4, 0.5) is 0 Å². The average molecular weight is 423 g/mol. The quantitative estimate of drug-likeness (QED) is 0.308. The summed E-state index contributed by atoms with van der Waals surface area (Å²) in [5.41, 5.74) is 0.545. The fourth-order valence-electron chi connectivity index (χ4n) is 3.18. The van der Waals surface area contributed by atoms with Gasteiger partial charge in [-0.25, -0.2) is 0 Å². The van der Waals surface area contributed by atoms with Gasteiger partial charge in [-0.15, -0.1) is 16.8 Å². The van der Waals surface area contributed by atoms with Crippen molar-refractivity contribution in [1.82, 2.24) is 14.8 Å². The van der Waals surface area contributed by atoms with Gasteiger partial charge in [0.2, 0.25) is 0 Å². The van der Waals surface area contributed by atoms with E-state index in [1.807, 2.05) is 41.0 Å². The fourth-order valence-corrected chi connectivity index (χ4v) is 4.01. The molecule has 1 aliphatic heterocycles. The summed E-state index contributed by atoms with van der Waals surface area (Å²) in [5, 5.41) is 9.22. The Morgan fingerprint density at radius 1 is 1.23 bits per heavy atom. The number of hydrogen-bond acceptors (Lipinski definition) is 7. The van der Waals surface area contributed by atoms with Gasteiger partial charge in [0.25, 0.3) is 0 Å². The molecule has 0 fully saturated rings. The topological polar surface area (TPSA) is 75.5 Å². The van der Waals surface area contributed by atoms with Crippen molar-refractivity contribution in [1.29, 1.82) is 0 Å². The minimum atomic E-state index is -0.397.